The molecule has 136 valence electrons. The topological polar surface area (TPSA) is 81.4 Å². The summed E-state index contributed by atoms with van der Waals surface area (Å²) in [5.41, 5.74) is 3.59. The summed E-state index contributed by atoms with van der Waals surface area (Å²) in [4.78, 5) is 21.0. The normalized spacial score (nSPS) is 23.2. The van der Waals surface area contributed by atoms with Gasteiger partial charge in [0, 0.05) is 43.2 Å². The van der Waals surface area contributed by atoms with Crippen LogP contribution in [-0.4, -0.2) is 44.2 Å². The summed E-state index contributed by atoms with van der Waals surface area (Å²) in [5, 5.41) is 7.54. The maximum Gasteiger partial charge on any atom is 0.226 e. The molecule has 3 aromatic heterocycles. The Hall–Kier alpha value is -3.06. The number of nitrogens with one attached hydrogen (secondary N) is 1. The fourth-order valence-electron chi connectivity index (χ4n) is 3.71. The summed E-state index contributed by atoms with van der Waals surface area (Å²) in [6, 6.07) is 7.75. The number of amides is 1. The molecule has 0 aliphatic carbocycles. The quantitative estimate of drug-likeness (QED) is 0.701. The first-order valence-electron chi connectivity index (χ1n) is 9.13. The van der Waals surface area contributed by atoms with Crippen LogP contribution >= 0.6 is 0 Å². The predicted molar refractivity (Wildman–Crippen MR) is 98.8 cm³/mol. The third-order valence-corrected chi connectivity index (χ3v) is 5.10. The molecule has 3 atom stereocenters. The first kappa shape index (κ1) is 16.1. The van der Waals surface area contributed by atoms with E-state index in [4.69, 9.17) is 4.74 Å². The largest absolute Gasteiger partial charge is 0.366 e. The van der Waals surface area contributed by atoms with Gasteiger partial charge >= 0.3 is 0 Å². The highest BCUT2D eigenvalue weighted by Gasteiger charge is 2.40. The van der Waals surface area contributed by atoms with E-state index in [1.165, 1.54) is 0 Å². The lowest BCUT2D eigenvalue weighted by atomic mass is 9.93. The highest BCUT2D eigenvalue weighted by atomic mass is 16.5. The van der Waals surface area contributed by atoms with Crippen LogP contribution in [0.1, 0.15) is 12.1 Å². The zero-order valence-corrected chi connectivity index (χ0v) is 14.7. The molecule has 1 N–H and O–H groups in total. The second kappa shape index (κ2) is 6.59. The zero-order valence-electron chi connectivity index (χ0n) is 14.7. The summed E-state index contributed by atoms with van der Waals surface area (Å²) < 4.78 is 7.42. The molecule has 0 saturated carbocycles. The number of ether oxygens (including phenoxy) is 1. The lowest BCUT2D eigenvalue weighted by Crippen LogP contribution is -2.36. The highest BCUT2D eigenvalue weighted by molar-refractivity contribution is 5.80. The van der Waals surface area contributed by atoms with Gasteiger partial charge in [0.25, 0.3) is 0 Å². The van der Waals surface area contributed by atoms with E-state index in [9.17, 15) is 4.79 Å². The summed E-state index contributed by atoms with van der Waals surface area (Å²) >= 11 is 0. The standard InChI is InChI=1S/C20H19N5O2/c26-20(16-12-15-1-2-18(16)27-15)22-9-5-14-11-19-23-17(6-10-25(19)24-14)13-3-7-21-8-4-13/h1-4,6-8,10-11,15-16,18H,5,9,12H2,(H,22,26)/t15-,16-,18-/m0/s1. The van der Waals surface area contributed by atoms with Gasteiger partial charge in [0.1, 0.15) is 0 Å². The van der Waals surface area contributed by atoms with E-state index in [0.29, 0.717) is 13.0 Å². The molecule has 2 aliphatic rings. The lowest BCUT2D eigenvalue weighted by Gasteiger charge is -2.14. The number of hydrogen-bond acceptors (Lipinski definition) is 5. The molecule has 27 heavy (non-hydrogen) atoms. The van der Waals surface area contributed by atoms with E-state index in [2.05, 4.69) is 20.4 Å². The molecule has 2 bridgehead atoms. The zero-order chi connectivity index (χ0) is 18.2. The van der Waals surface area contributed by atoms with Gasteiger partial charge in [-0.3, -0.25) is 9.78 Å². The molecule has 7 nitrogen and oxygen atoms in total. The van der Waals surface area contributed by atoms with Crippen LogP contribution in [0.4, 0.5) is 0 Å². The maximum atomic E-state index is 12.3. The average molecular weight is 361 g/mol. The Morgan fingerprint density at radius 1 is 1.26 bits per heavy atom. The molecule has 1 saturated heterocycles. The van der Waals surface area contributed by atoms with Crippen LogP contribution in [-0.2, 0) is 16.0 Å². The van der Waals surface area contributed by atoms with Crippen molar-refractivity contribution in [2.75, 3.05) is 6.54 Å². The molecule has 1 fully saturated rings. The number of rotatable bonds is 5. The Bertz CT molecular complexity index is 1010. The van der Waals surface area contributed by atoms with Crippen LogP contribution in [0, 0.1) is 5.92 Å². The van der Waals surface area contributed by atoms with Gasteiger partial charge in [-0.15, -0.1) is 0 Å². The number of pyridine rings is 1. The minimum Gasteiger partial charge on any atom is -0.366 e. The molecule has 1 amide bonds. The van der Waals surface area contributed by atoms with E-state index >= 15 is 0 Å². The molecule has 0 unspecified atom stereocenters. The summed E-state index contributed by atoms with van der Waals surface area (Å²) in [5.74, 6) is -0.000585. The minimum absolute atomic E-state index is 0.0546. The molecule has 7 heteroatoms. The smallest absolute Gasteiger partial charge is 0.226 e. The van der Waals surface area contributed by atoms with Gasteiger partial charge in [0.2, 0.25) is 5.91 Å². The molecule has 0 spiro atoms. The van der Waals surface area contributed by atoms with Crippen molar-refractivity contribution in [2.24, 2.45) is 5.92 Å². The second-order valence-corrected chi connectivity index (χ2v) is 6.89. The van der Waals surface area contributed by atoms with Gasteiger partial charge in [0.15, 0.2) is 5.65 Å². The Morgan fingerprint density at radius 2 is 2.15 bits per heavy atom. The number of fused-ring (bicyclic) bond motifs is 3. The average Bonchev–Trinajstić information content (AvgIpc) is 3.43. The van der Waals surface area contributed by atoms with Gasteiger partial charge in [-0.2, -0.15) is 5.10 Å². The monoisotopic (exact) mass is 361 g/mol. The first-order chi connectivity index (χ1) is 13.3. The van der Waals surface area contributed by atoms with Gasteiger partial charge in [-0.05, 0) is 24.6 Å². The van der Waals surface area contributed by atoms with E-state index in [0.717, 1.165) is 29.0 Å². The van der Waals surface area contributed by atoms with Gasteiger partial charge in [-0.25, -0.2) is 9.50 Å². The number of hydrogen-bond donors (Lipinski definition) is 1. The van der Waals surface area contributed by atoms with Crippen LogP contribution in [0.5, 0.6) is 0 Å². The van der Waals surface area contributed by atoms with Crippen molar-refractivity contribution in [3.8, 4) is 11.3 Å². The second-order valence-electron chi connectivity index (χ2n) is 6.89. The van der Waals surface area contributed by atoms with Crippen molar-refractivity contribution in [3.05, 3.63) is 60.7 Å². The van der Waals surface area contributed by atoms with Crippen molar-refractivity contribution >= 4 is 11.6 Å². The number of carbonyl (C=O) groups is 1. The third-order valence-electron chi connectivity index (χ3n) is 5.10. The fourth-order valence-corrected chi connectivity index (χ4v) is 3.71. The fraction of sp³-hybridized carbons (Fsp3) is 0.300. The van der Waals surface area contributed by atoms with Gasteiger partial charge in [-0.1, -0.05) is 12.2 Å². The molecular weight excluding hydrogens is 342 g/mol. The van der Waals surface area contributed by atoms with Crippen molar-refractivity contribution in [1.29, 1.82) is 0 Å². The number of aromatic nitrogens is 4. The molecule has 3 aromatic rings. The Kier molecular flexibility index (Phi) is 3.94. The summed E-state index contributed by atoms with van der Waals surface area (Å²) in [6.45, 7) is 0.553. The summed E-state index contributed by atoms with van der Waals surface area (Å²) in [7, 11) is 0. The SMILES string of the molecule is O=C(NCCc1cc2nc(-c3ccncc3)ccn2n1)[C@H]1C[C@@H]2C=C[C@@H]1O2. The lowest BCUT2D eigenvalue weighted by molar-refractivity contribution is -0.125. The van der Waals surface area contributed by atoms with E-state index in [1.807, 2.05) is 42.6 Å². The highest BCUT2D eigenvalue weighted by Crippen LogP contribution is 2.33. The van der Waals surface area contributed by atoms with Gasteiger partial charge < -0.3 is 10.1 Å². The van der Waals surface area contributed by atoms with Crippen LogP contribution in [0.3, 0.4) is 0 Å². The Morgan fingerprint density at radius 3 is 2.93 bits per heavy atom. The minimum atomic E-state index is -0.0642. The molecule has 5 heterocycles. The van der Waals surface area contributed by atoms with Crippen molar-refractivity contribution in [3.63, 3.8) is 0 Å². The van der Waals surface area contributed by atoms with Crippen LogP contribution in [0.15, 0.2) is 55.0 Å². The Labute approximate surface area is 156 Å². The number of carbonyl (C=O) groups excluding carboxylic acids is 1. The van der Waals surface area contributed by atoms with E-state index in [-0.39, 0.29) is 24.0 Å². The van der Waals surface area contributed by atoms with E-state index < -0.39 is 0 Å². The molecular formula is C20H19N5O2. The van der Waals surface area contributed by atoms with E-state index in [1.54, 1.807) is 16.9 Å². The number of nitrogens with zero attached hydrogens (tertiary/aromatic N) is 4. The van der Waals surface area contributed by atoms with Crippen molar-refractivity contribution in [1.82, 2.24) is 24.9 Å². The third kappa shape index (κ3) is 3.10. The van der Waals surface area contributed by atoms with Crippen molar-refractivity contribution < 1.29 is 9.53 Å². The Balaban J connectivity index is 1.23. The van der Waals surface area contributed by atoms with Crippen LogP contribution < -0.4 is 5.32 Å². The summed E-state index contributed by atoms with van der Waals surface area (Å²) in [6.07, 6.45) is 10.9. The molecule has 5 rings (SSSR count). The van der Waals surface area contributed by atoms with Crippen LogP contribution in [0.25, 0.3) is 16.9 Å². The van der Waals surface area contributed by atoms with Crippen LogP contribution in [0.2, 0.25) is 0 Å². The first-order valence-corrected chi connectivity index (χ1v) is 9.13. The van der Waals surface area contributed by atoms with Crippen molar-refractivity contribution in [2.45, 2.75) is 25.0 Å². The predicted octanol–water partition coefficient (Wildman–Crippen LogP) is 1.79. The maximum absolute atomic E-state index is 12.3. The van der Waals surface area contributed by atoms with Gasteiger partial charge in [0.05, 0.1) is 29.5 Å². The molecule has 2 aliphatic heterocycles. The molecule has 0 radical (unpaired) electrons. The molecule has 0 aromatic carbocycles.